The van der Waals surface area contributed by atoms with Crippen molar-refractivity contribution >= 4 is 40.4 Å². The number of aromatic nitrogens is 2. The van der Waals surface area contributed by atoms with Crippen molar-refractivity contribution in [1.82, 2.24) is 9.59 Å². The van der Waals surface area contributed by atoms with E-state index in [2.05, 4.69) is 14.9 Å². The van der Waals surface area contributed by atoms with Crippen LogP contribution in [0.4, 0.5) is 11.4 Å². The smallest absolute Gasteiger partial charge is 0.269 e. The van der Waals surface area contributed by atoms with E-state index in [0.717, 1.165) is 24.4 Å². The van der Waals surface area contributed by atoms with Gasteiger partial charge < -0.3 is 11.1 Å². The lowest BCUT2D eigenvalue weighted by Gasteiger charge is -2.07. The van der Waals surface area contributed by atoms with Crippen molar-refractivity contribution in [2.75, 3.05) is 11.1 Å². The van der Waals surface area contributed by atoms with Crippen molar-refractivity contribution in [2.45, 2.75) is 19.8 Å². The zero-order chi connectivity index (χ0) is 13.8. The molecule has 0 fully saturated rings. The van der Waals surface area contributed by atoms with E-state index in [4.69, 9.17) is 17.3 Å². The van der Waals surface area contributed by atoms with Crippen LogP contribution in [-0.4, -0.2) is 15.5 Å². The number of rotatable bonds is 4. The Balaban J connectivity index is 2.21. The minimum Gasteiger partial charge on any atom is -0.397 e. The van der Waals surface area contributed by atoms with Crippen molar-refractivity contribution in [1.29, 1.82) is 0 Å². The van der Waals surface area contributed by atoms with Gasteiger partial charge in [-0.2, -0.15) is 0 Å². The second kappa shape index (κ2) is 5.99. The minimum absolute atomic E-state index is 0.257. The molecule has 0 unspecified atom stereocenters. The SMILES string of the molecule is CCCc1nnsc1C(=O)Nc1cc(Cl)ccc1N. The van der Waals surface area contributed by atoms with Gasteiger partial charge in [-0.05, 0) is 36.2 Å². The summed E-state index contributed by atoms with van der Waals surface area (Å²) >= 11 is 6.96. The van der Waals surface area contributed by atoms with E-state index in [9.17, 15) is 4.79 Å². The number of amides is 1. The molecule has 0 aliphatic carbocycles. The molecule has 1 aromatic heterocycles. The monoisotopic (exact) mass is 296 g/mol. The van der Waals surface area contributed by atoms with Gasteiger partial charge in [0.15, 0.2) is 0 Å². The third-order valence-corrected chi connectivity index (χ3v) is 3.51. The molecule has 2 rings (SSSR count). The average molecular weight is 297 g/mol. The lowest BCUT2D eigenvalue weighted by Crippen LogP contribution is -2.13. The molecule has 1 aromatic carbocycles. The van der Waals surface area contributed by atoms with Crippen LogP contribution >= 0.6 is 23.1 Å². The first-order valence-electron chi connectivity index (χ1n) is 5.79. The van der Waals surface area contributed by atoms with Crippen LogP contribution in [0.15, 0.2) is 18.2 Å². The second-order valence-electron chi connectivity index (χ2n) is 3.98. The molecule has 0 aliphatic heterocycles. The fourth-order valence-corrected chi connectivity index (χ4v) is 2.37. The molecule has 0 saturated heterocycles. The molecular formula is C12H13ClN4OS. The fraction of sp³-hybridized carbons (Fsp3) is 0.250. The highest BCUT2D eigenvalue weighted by Gasteiger charge is 2.16. The van der Waals surface area contributed by atoms with Gasteiger partial charge in [-0.25, -0.2) is 0 Å². The number of carbonyl (C=O) groups excluding carboxylic acids is 1. The number of nitrogens with one attached hydrogen (secondary N) is 1. The predicted octanol–water partition coefficient (Wildman–Crippen LogP) is 2.98. The van der Waals surface area contributed by atoms with E-state index in [1.165, 1.54) is 0 Å². The molecule has 0 spiro atoms. The molecule has 5 nitrogen and oxygen atoms in total. The number of benzene rings is 1. The molecule has 2 aromatic rings. The first-order chi connectivity index (χ1) is 9.11. The third-order valence-electron chi connectivity index (χ3n) is 2.51. The highest BCUT2D eigenvalue weighted by molar-refractivity contribution is 7.08. The lowest BCUT2D eigenvalue weighted by atomic mass is 10.2. The van der Waals surface area contributed by atoms with Gasteiger partial charge in [0.1, 0.15) is 4.88 Å². The number of anilines is 2. The molecule has 1 heterocycles. The van der Waals surface area contributed by atoms with Crippen molar-refractivity contribution in [2.24, 2.45) is 0 Å². The molecule has 1 amide bonds. The summed E-state index contributed by atoms with van der Waals surface area (Å²) in [4.78, 5) is 12.7. The summed E-state index contributed by atoms with van der Waals surface area (Å²) in [7, 11) is 0. The van der Waals surface area contributed by atoms with Gasteiger partial charge in [0.2, 0.25) is 0 Å². The molecule has 0 atom stereocenters. The molecule has 0 bridgehead atoms. The molecule has 100 valence electrons. The number of carbonyl (C=O) groups is 1. The van der Waals surface area contributed by atoms with Crippen molar-refractivity contribution in [3.8, 4) is 0 Å². The minimum atomic E-state index is -0.257. The maximum atomic E-state index is 12.2. The Morgan fingerprint density at radius 2 is 2.32 bits per heavy atom. The highest BCUT2D eigenvalue weighted by atomic mass is 35.5. The summed E-state index contributed by atoms with van der Waals surface area (Å²) in [6.07, 6.45) is 1.63. The summed E-state index contributed by atoms with van der Waals surface area (Å²) in [6.45, 7) is 2.02. The Labute approximate surface area is 119 Å². The lowest BCUT2D eigenvalue weighted by molar-refractivity contribution is 0.102. The van der Waals surface area contributed by atoms with Gasteiger partial charge in [-0.15, -0.1) is 5.10 Å². The Morgan fingerprint density at radius 1 is 1.53 bits per heavy atom. The number of hydrogen-bond acceptors (Lipinski definition) is 5. The van der Waals surface area contributed by atoms with Crippen molar-refractivity contribution < 1.29 is 4.79 Å². The summed E-state index contributed by atoms with van der Waals surface area (Å²) in [5.41, 5.74) is 7.46. The largest absolute Gasteiger partial charge is 0.397 e. The standard InChI is InChI=1S/C12H13ClN4OS/c1-2-3-9-11(19-17-16-9)12(18)15-10-6-7(13)4-5-8(10)14/h4-6H,2-3,14H2,1H3,(H,15,18). The molecular weight excluding hydrogens is 284 g/mol. The first-order valence-corrected chi connectivity index (χ1v) is 6.94. The van der Waals surface area contributed by atoms with E-state index in [-0.39, 0.29) is 5.91 Å². The van der Waals surface area contributed by atoms with Gasteiger partial charge in [0.25, 0.3) is 5.91 Å². The Hall–Kier alpha value is -1.66. The Bertz CT molecular complexity index is 599. The van der Waals surface area contributed by atoms with E-state index in [1.54, 1.807) is 18.2 Å². The first kappa shape index (κ1) is 13.8. The van der Waals surface area contributed by atoms with E-state index in [0.29, 0.717) is 27.0 Å². The van der Waals surface area contributed by atoms with Crippen molar-refractivity contribution in [3.63, 3.8) is 0 Å². The van der Waals surface area contributed by atoms with Crippen LogP contribution in [-0.2, 0) is 6.42 Å². The predicted molar refractivity (Wildman–Crippen MR) is 77.7 cm³/mol. The van der Waals surface area contributed by atoms with Crippen LogP contribution in [0, 0.1) is 0 Å². The van der Waals surface area contributed by atoms with Crippen LogP contribution in [0.3, 0.4) is 0 Å². The molecule has 7 heteroatoms. The maximum Gasteiger partial charge on any atom is 0.269 e. The van der Waals surface area contributed by atoms with E-state index >= 15 is 0 Å². The highest BCUT2D eigenvalue weighted by Crippen LogP contribution is 2.24. The second-order valence-corrected chi connectivity index (χ2v) is 5.18. The Morgan fingerprint density at radius 3 is 3.05 bits per heavy atom. The average Bonchev–Trinajstić information content (AvgIpc) is 2.82. The molecule has 19 heavy (non-hydrogen) atoms. The number of nitrogens with zero attached hydrogens (tertiary/aromatic N) is 2. The van der Waals surface area contributed by atoms with Crippen LogP contribution in [0.2, 0.25) is 5.02 Å². The molecule has 3 N–H and O–H groups in total. The summed E-state index contributed by atoms with van der Waals surface area (Å²) in [5.74, 6) is -0.257. The van der Waals surface area contributed by atoms with Gasteiger partial charge in [0.05, 0.1) is 17.1 Å². The number of nitrogens with two attached hydrogens (primary N) is 1. The van der Waals surface area contributed by atoms with Gasteiger partial charge in [-0.1, -0.05) is 29.4 Å². The summed E-state index contributed by atoms with van der Waals surface area (Å²) < 4.78 is 3.82. The summed E-state index contributed by atoms with van der Waals surface area (Å²) in [5, 5.41) is 7.21. The maximum absolute atomic E-state index is 12.2. The van der Waals surface area contributed by atoms with Crippen LogP contribution < -0.4 is 11.1 Å². The molecule has 0 saturated carbocycles. The topological polar surface area (TPSA) is 80.9 Å². The van der Waals surface area contributed by atoms with E-state index < -0.39 is 0 Å². The molecule has 0 aliphatic rings. The zero-order valence-electron chi connectivity index (χ0n) is 10.3. The number of nitrogen functional groups attached to an aromatic ring is 1. The number of halogens is 1. The Kier molecular flexibility index (Phi) is 4.34. The van der Waals surface area contributed by atoms with Gasteiger partial charge in [0, 0.05) is 5.02 Å². The van der Waals surface area contributed by atoms with Crippen LogP contribution in [0.1, 0.15) is 28.7 Å². The van der Waals surface area contributed by atoms with Crippen LogP contribution in [0.25, 0.3) is 0 Å². The van der Waals surface area contributed by atoms with Gasteiger partial charge >= 0.3 is 0 Å². The fourth-order valence-electron chi connectivity index (χ4n) is 1.60. The van der Waals surface area contributed by atoms with Crippen molar-refractivity contribution in [3.05, 3.63) is 33.8 Å². The molecule has 0 radical (unpaired) electrons. The number of hydrogen-bond donors (Lipinski definition) is 2. The zero-order valence-corrected chi connectivity index (χ0v) is 11.9. The van der Waals surface area contributed by atoms with Crippen LogP contribution in [0.5, 0.6) is 0 Å². The third kappa shape index (κ3) is 3.21. The quantitative estimate of drug-likeness (QED) is 0.850. The van der Waals surface area contributed by atoms with Gasteiger partial charge in [-0.3, -0.25) is 4.79 Å². The summed E-state index contributed by atoms with van der Waals surface area (Å²) in [6, 6.07) is 4.93. The normalized spacial score (nSPS) is 10.4. The number of aryl methyl sites for hydroxylation is 1. The van der Waals surface area contributed by atoms with E-state index in [1.807, 2.05) is 6.92 Å².